The molecule has 0 saturated heterocycles. The van der Waals surface area contributed by atoms with E-state index in [9.17, 15) is 0 Å². The van der Waals surface area contributed by atoms with Gasteiger partial charge in [0.25, 0.3) is 0 Å². The summed E-state index contributed by atoms with van der Waals surface area (Å²) in [5, 5.41) is 5.01. The van der Waals surface area contributed by atoms with Crippen molar-refractivity contribution in [3.05, 3.63) is 41.7 Å². The second-order valence-electron chi connectivity index (χ2n) is 4.11. The van der Waals surface area contributed by atoms with E-state index in [1.165, 1.54) is 0 Å². The van der Waals surface area contributed by atoms with Gasteiger partial charge in [-0.05, 0) is 24.6 Å². The van der Waals surface area contributed by atoms with Crippen LogP contribution in [0.2, 0.25) is 0 Å². The van der Waals surface area contributed by atoms with Gasteiger partial charge in [0, 0.05) is 23.6 Å². The van der Waals surface area contributed by atoms with Crippen LogP contribution in [-0.4, -0.2) is 16.9 Å². The average Bonchev–Trinajstić information content (AvgIpc) is 2.92. The molecular formula is C14H17BrN2O2. The Kier molecular flexibility index (Phi) is 4.85. The van der Waals surface area contributed by atoms with E-state index in [0.717, 1.165) is 34.5 Å². The molecule has 19 heavy (non-hydrogen) atoms. The predicted molar refractivity (Wildman–Crippen MR) is 77.9 cm³/mol. The first-order chi connectivity index (χ1) is 9.26. The molecule has 0 fully saturated rings. The Bertz CT molecular complexity index is 540. The van der Waals surface area contributed by atoms with Crippen LogP contribution < -0.4 is 9.47 Å². The lowest BCUT2D eigenvalue weighted by Gasteiger charge is -2.11. The molecule has 0 unspecified atom stereocenters. The fourth-order valence-electron chi connectivity index (χ4n) is 1.73. The quantitative estimate of drug-likeness (QED) is 0.764. The lowest BCUT2D eigenvalue weighted by molar-refractivity contribution is 0.284. The Morgan fingerprint density at radius 2 is 2.11 bits per heavy atom. The minimum absolute atomic E-state index is 0.488. The number of halogens is 1. The molecule has 0 aliphatic heterocycles. The molecule has 102 valence electrons. The smallest absolute Gasteiger partial charge is 0.161 e. The fourth-order valence-corrected chi connectivity index (χ4v) is 2.08. The van der Waals surface area contributed by atoms with Gasteiger partial charge in [-0.3, -0.25) is 4.68 Å². The summed E-state index contributed by atoms with van der Waals surface area (Å²) in [6, 6.07) is 5.91. The molecule has 0 aliphatic carbocycles. The average molecular weight is 325 g/mol. The van der Waals surface area contributed by atoms with Crippen molar-refractivity contribution in [2.75, 3.05) is 7.11 Å². The number of methoxy groups -OCH3 is 1. The molecule has 1 heterocycles. The number of alkyl halides is 1. The first-order valence-corrected chi connectivity index (χ1v) is 7.26. The van der Waals surface area contributed by atoms with Crippen LogP contribution in [0.15, 0.2) is 30.6 Å². The third-order valence-corrected chi connectivity index (χ3v) is 3.43. The molecule has 0 aliphatic rings. The zero-order chi connectivity index (χ0) is 13.7. The zero-order valence-corrected chi connectivity index (χ0v) is 12.7. The standard InChI is InChI=1S/C14H17BrN2O2/c1-3-17-9-12(8-16-17)10-19-14-6-11(7-15)4-5-13(14)18-2/h4-6,8-9H,3,7,10H2,1-2H3. The molecule has 0 amide bonds. The maximum Gasteiger partial charge on any atom is 0.161 e. The summed E-state index contributed by atoms with van der Waals surface area (Å²) in [5.41, 5.74) is 2.20. The van der Waals surface area contributed by atoms with Crippen molar-refractivity contribution in [1.29, 1.82) is 0 Å². The molecule has 0 saturated carbocycles. The number of nitrogens with zero attached hydrogens (tertiary/aromatic N) is 2. The van der Waals surface area contributed by atoms with E-state index >= 15 is 0 Å². The second-order valence-corrected chi connectivity index (χ2v) is 4.67. The van der Waals surface area contributed by atoms with Gasteiger partial charge >= 0.3 is 0 Å². The number of aryl methyl sites for hydroxylation is 1. The molecule has 5 heteroatoms. The highest BCUT2D eigenvalue weighted by Gasteiger charge is 2.06. The highest BCUT2D eigenvalue weighted by molar-refractivity contribution is 9.08. The lowest BCUT2D eigenvalue weighted by atomic mass is 10.2. The van der Waals surface area contributed by atoms with Crippen LogP contribution in [0.5, 0.6) is 11.5 Å². The Morgan fingerprint density at radius 3 is 2.74 bits per heavy atom. The predicted octanol–water partition coefficient (Wildman–Crippen LogP) is 3.39. The third-order valence-electron chi connectivity index (χ3n) is 2.79. The van der Waals surface area contributed by atoms with Crippen LogP contribution in [0.3, 0.4) is 0 Å². The highest BCUT2D eigenvalue weighted by atomic mass is 79.9. The zero-order valence-electron chi connectivity index (χ0n) is 11.1. The van der Waals surface area contributed by atoms with Crippen molar-refractivity contribution < 1.29 is 9.47 Å². The molecule has 0 bridgehead atoms. The molecule has 0 spiro atoms. The molecule has 0 N–H and O–H groups in total. The Hall–Kier alpha value is -1.49. The number of benzene rings is 1. The minimum Gasteiger partial charge on any atom is -0.493 e. The van der Waals surface area contributed by atoms with Crippen LogP contribution in [0, 0.1) is 0 Å². The number of hydrogen-bond donors (Lipinski definition) is 0. The summed E-state index contributed by atoms with van der Waals surface area (Å²) in [6.45, 7) is 3.41. The van der Waals surface area contributed by atoms with Crippen molar-refractivity contribution in [3.63, 3.8) is 0 Å². The molecule has 1 aromatic heterocycles. The summed E-state index contributed by atoms with van der Waals surface area (Å²) in [4.78, 5) is 0. The number of ether oxygens (including phenoxy) is 2. The SMILES string of the molecule is CCn1cc(COc2cc(CBr)ccc2OC)cn1. The van der Waals surface area contributed by atoms with Crippen molar-refractivity contribution in [1.82, 2.24) is 9.78 Å². The van der Waals surface area contributed by atoms with E-state index in [4.69, 9.17) is 9.47 Å². The van der Waals surface area contributed by atoms with Crippen LogP contribution in [0.4, 0.5) is 0 Å². The van der Waals surface area contributed by atoms with E-state index in [-0.39, 0.29) is 0 Å². The molecule has 0 atom stereocenters. The minimum atomic E-state index is 0.488. The largest absolute Gasteiger partial charge is 0.493 e. The molecule has 4 nitrogen and oxygen atoms in total. The van der Waals surface area contributed by atoms with Gasteiger partial charge in [0.1, 0.15) is 6.61 Å². The van der Waals surface area contributed by atoms with Gasteiger partial charge in [0.15, 0.2) is 11.5 Å². The van der Waals surface area contributed by atoms with Gasteiger partial charge < -0.3 is 9.47 Å². The number of rotatable bonds is 6. The van der Waals surface area contributed by atoms with E-state index in [1.807, 2.05) is 35.3 Å². The monoisotopic (exact) mass is 324 g/mol. The Balaban J connectivity index is 2.09. The Labute approximate surface area is 121 Å². The topological polar surface area (TPSA) is 36.3 Å². The van der Waals surface area contributed by atoms with Gasteiger partial charge in [0.2, 0.25) is 0 Å². The number of aromatic nitrogens is 2. The van der Waals surface area contributed by atoms with Crippen LogP contribution >= 0.6 is 15.9 Å². The van der Waals surface area contributed by atoms with Crippen LogP contribution in [0.1, 0.15) is 18.1 Å². The normalized spacial score (nSPS) is 10.5. The van der Waals surface area contributed by atoms with E-state index in [1.54, 1.807) is 7.11 Å². The van der Waals surface area contributed by atoms with Gasteiger partial charge in [-0.15, -0.1) is 0 Å². The lowest BCUT2D eigenvalue weighted by Crippen LogP contribution is -1.98. The third kappa shape index (κ3) is 3.50. The maximum atomic E-state index is 5.82. The molecular weight excluding hydrogens is 308 g/mol. The van der Waals surface area contributed by atoms with Crippen molar-refractivity contribution in [2.24, 2.45) is 0 Å². The van der Waals surface area contributed by atoms with Crippen LogP contribution in [0.25, 0.3) is 0 Å². The van der Waals surface area contributed by atoms with Gasteiger partial charge in [-0.1, -0.05) is 22.0 Å². The van der Waals surface area contributed by atoms with Crippen molar-refractivity contribution in [2.45, 2.75) is 25.4 Å². The highest BCUT2D eigenvalue weighted by Crippen LogP contribution is 2.29. The van der Waals surface area contributed by atoms with E-state index in [2.05, 4.69) is 28.0 Å². The fraction of sp³-hybridized carbons (Fsp3) is 0.357. The van der Waals surface area contributed by atoms with Crippen molar-refractivity contribution in [3.8, 4) is 11.5 Å². The summed E-state index contributed by atoms with van der Waals surface area (Å²) >= 11 is 3.44. The van der Waals surface area contributed by atoms with Gasteiger partial charge in [-0.25, -0.2) is 0 Å². The summed E-state index contributed by atoms with van der Waals surface area (Å²) in [5.74, 6) is 1.50. The van der Waals surface area contributed by atoms with E-state index < -0.39 is 0 Å². The van der Waals surface area contributed by atoms with Crippen molar-refractivity contribution >= 4 is 15.9 Å². The Morgan fingerprint density at radius 1 is 1.26 bits per heavy atom. The van der Waals surface area contributed by atoms with Crippen LogP contribution in [-0.2, 0) is 18.5 Å². The summed E-state index contributed by atoms with van der Waals surface area (Å²) in [6.07, 6.45) is 3.81. The summed E-state index contributed by atoms with van der Waals surface area (Å²) < 4.78 is 13.0. The first kappa shape index (κ1) is 13.9. The van der Waals surface area contributed by atoms with E-state index in [0.29, 0.717) is 6.61 Å². The van der Waals surface area contributed by atoms with Gasteiger partial charge in [0.05, 0.1) is 13.3 Å². The molecule has 0 radical (unpaired) electrons. The maximum absolute atomic E-state index is 5.82. The molecule has 1 aromatic carbocycles. The summed E-state index contributed by atoms with van der Waals surface area (Å²) in [7, 11) is 1.64. The number of hydrogen-bond acceptors (Lipinski definition) is 3. The van der Waals surface area contributed by atoms with Gasteiger partial charge in [-0.2, -0.15) is 5.10 Å². The molecule has 2 rings (SSSR count). The first-order valence-electron chi connectivity index (χ1n) is 6.13. The second kappa shape index (κ2) is 6.61. The molecule has 2 aromatic rings.